The van der Waals surface area contributed by atoms with Crippen LogP contribution in [0.15, 0.2) is 53.4 Å². The van der Waals surface area contributed by atoms with Crippen molar-refractivity contribution >= 4 is 21.4 Å². The molecule has 2 aromatic rings. The van der Waals surface area contributed by atoms with Gasteiger partial charge >= 0.3 is 0 Å². The van der Waals surface area contributed by atoms with Crippen molar-refractivity contribution in [2.45, 2.75) is 24.7 Å². The summed E-state index contributed by atoms with van der Waals surface area (Å²) in [6, 6.07) is 15.0. The van der Waals surface area contributed by atoms with Crippen LogP contribution in [0, 0.1) is 0 Å². The van der Waals surface area contributed by atoms with E-state index in [2.05, 4.69) is 4.90 Å². The highest BCUT2D eigenvalue weighted by Gasteiger charge is 2.30. The maximum atomic E-state index is 13.3. The molecule has 0 aromatic heterocycles. The molecule has 0 atom stereocenters. The average Bonchev–Trinajstić information content (AvgIpc) is 2.74. The molecular formula is C18H22N2O2S. The average molecular weight is 330 g/mol. The summed E-state index contributed by atoms with van der Waals surface area (Å²) in [7, 11) is -1.55. The first-order valence-corrected chi connectivity index (χ1v) is 9.40. The van der Waals surface area contributed by atoms with E-state index in [-0.39, 0.29) is 0 Å². The number of para-hydroxylation sites is 2. The Morgan fingerprint density at radius 1 is 0.957 bits per heavy atom. The Hall–Kier alpha value is -2.01. The SMILES string of the molecule is CCc1ccccc1S(=O)(=O)N1CCCN(C)c2ccccc21. The number of benzene rings is 2. The fourth-order valence-electron chi connectivity index (χ4n) is 3.11. The van der Waals surface area contributed by atoms with Crippen LogP contribution in [-0.4, -0.2) is 28.6 Å². The van der Waals surface area contributed by atoms with Gasteiger partial charge in [0.25, 0.3) is 10.0 Å². The molecule has 0 radical (unpaired) electrons. The molecule has 1 aliphatic rings. The van der Waals surface area contributed by atoms with Crippen LogP contribution in [0.3, 0.4) is 0 Å². The molecule has 0 fully saturated rings. The van der Waals surface area contributed by atoms with Gasteiger partial charge in [-0.25, -0.2) is 8.42 Å². The minimum absolute atomic E-state index is 0.418. The van der Waals surface area contributed by atoms with E-state index < -0.39 is 10.0 Å². The quantitative estimate of drug-likeness (QED) is 0.867. The van der Waals surface area contributed by atoms with E-state index in [0.29, 0.717) is 17.9 Å². The third-order valence-electron chi connectivity index (χ3n) is 4.34. The Balaban J connectivity index is 2.15. The number of fused-ring (bicyclic) bond motifs is 1. The van der Waals surface area contributed by atoms with Gasteiger partial charge in [-0.15, -0.1) is 0 Å². The van der Waals surface area contributed by atoms with Crippen molar-refractivity contribution in [1.29, 1.82) is 0 Å². The second kappa shape index (κ2) is 6.24. The molecule has 4 nitrogen and oxygen atoms in total. The minimum Gasteiger partial charge on any atom is -0.373 e. The maximum Gasteiger partial charge on any atom is 0.264 e. The Bertz CT molecular complexity index is 802. The van der Waals surface area contributed by atoms with Gasteiger partial charge in [-0.3, -0.25) is 4.31 Å². The number of nitrogens with zero attached hydrogens (tertiary/aromatic N) is 2. The highest BCUT2D eigenvalue weighted by atomic mass is 32.2. The Morgan fingerprint density at radius 3 is 2.35 bits per heavy atom. The predicted octanol–water partition coefficient (Wildman–Crippen LogP) is 3.28. The summed E-state index contributed by atoms with van der Waals surface area (Å²) in [5.74, 6) is 0. The smallest absolute Gasteiger partial charge is 0.264 e. The van der Waals surface area contributed by atoms with E-state index in [0.717, 1.165) is 29.9 Å². The Kier molecular flexibility index (Phi) is 4.31. The largest absolute Gasteiger partial charge is 0.373 e. The van der Waals surface area contributed by atoms with Crippen LogP contribution in [0.5, 0.6) is 0 Å². The highest BCUT2D eigenvalue weighted by molar-refractivity contribution is 7.92. The third-order valence-corrected chi connectivity index (χ3v) is 6.25. The first-order chi connectivity index (χ1) is 11.1. The first kappa shape index (κ1) is 15.9. The molecule has 23 heavy (non-hydrogen) atoms. The zero-order valence-corrected chi connectivity index (χ0v) is 14.4. The number of anilines is 2. The van der Waals surface area contributed by atoms with E-state index in [1.807, 2.05) is 50.4 Å². The van der Waals surface area contributed by atoms with Gasteiger partial charge in [0.05, 0.1) is 16.3 Å². The third kappa shape index (κ3) is 2.81. The number of sulfonamides is 1. The van der Waals surface area contributed by atoms with E-state index in [9.17, 15) is 8.42 Å². The van der Waals surface area contributed by atoms with E-state index in [4.69, 9.17) is 0 Å². The summed E-state index contributed by atoms with van der Waals surface area (Å²) in [4.78, 5) is 2.54. The van der Waals surface area contributed by atoms with Gasteiger partial charge < -0.3 is 4.90 Å². The molecule has 0 unspecified atom stereocenters. The van der Waals surface area contributed by atoms with Crippen LogP contribution in [0.25, 0.3) is 0 Å². The van der Waals surface area contributed by atoms with Crippen molar-refractivity contribution in [2.75, 3.05) is 29.3 Å². The number of hydrogen-bond donors (Lipinski definition) is 0. The second-order valence-electron chi connectivity index (χ2n) is 5.80. The Morgan fingerprint density at radius 2 is 1.61 bits per heavy atom. The van der Waals surface area contributed by atoms with Crippen LogP contribution in [0.2, 0.25) is 0 Å². The molecule has 122 valence electrons. The van der Waals surface area contributed by atoms with Crippen molar-refractivity contribution in [3.8, 4) is 0 Å². The summed E-state index contributed by atoms with van der Waals surface area (Å²) in [5.41, 5.74) is 2.59. The summed E-state index contributed by atoms with van der Waals surface area (Å²) in [5, 5.41) is 0. The number of hydrogen-bond acceptors (Lipinski definition) is 3. The fraction of sp³-hybridized carbons (Fsp3) is 0.333. The molecule has 1 heterocycles. The van der Waals surface area contributed by atoms with E-state index in [1.54, 1.807) is 16.4 Å². The Labute approximate surface area is 138 Å². The van der Waals surface area contributed by atoms with Crippen molar-refractivity contribution in [3.05, 3.63) is 54.1 Å². The van der Waals surface area contributed by atoms with Crippen molar-refractivity contribution in [2.24, 2.45) is 0 Å². The predicted molar refractivity (Wildman–Crippen MR) is 94.7 cm³/mol. The van der Waals surface area contributed by atoms with Crippen molar-refractivity contribution < 1.29 is 8.42 Å². The van der Waals surface area contributed by atoms with Gasteiger partial charge in [0.15, 0.2) is 0 Å². The molecule has 3 rings (SSSR count). The van der Waals surface area contributed by atoms with Gasteiger partial charge in [-0.05, 0) is 36.6 Å². The summed E-state index contributed by atoms with van der Waals surface area (Å²) in [6.07, 6.45) is 1.50. The summed E-state index contributed by atoms with van der Waals surface area (Å²) >= 11 is 0. The molecule has 1 aliphatic heterocycles. The van der Waals surface area contributed by atoms with Crippen LogP contribution in [-0.2, 0) is 16.4 Å². The van der Waals surface area contributed by atoms with Gasteiger partial charge in [-0.2, -0.15) is 0 Å². The molecule has 0 spiro atoms. The van der Waals surface area contributed by atoms with Crippen LogP contribution >= 0.6 is 0 Å². The molecule has 0 saturated carbocycles. The lowest BCUT2D eigenvalue weighted by molar-refractivity contribution is 0.589. The fourth-order valence-corrected chi connectivity index (χ4v) is 4.92. The normalized spacial score (nSPS) is 15.2. The number of aryl methyl sites for hydroxylation is 1. The van der Waals surface area contributed by atoms with Gasteiger partial charge in [0, 0.05) is 20.1 Å². The highest BCUT2D eigenvalue weighted by Crippen LogP contribution is 2.35. The number of rotatable bonds is 3. The standard InChI is InChI=1S/C18H22N2O2S/c1-3-15-9-4-7-12-18(15)23(21,22)20-14-8-13-19(2)16-10-5-6-11-17(16)20/h4-7,9-12H,3,8,13-14H2,1-2H3. The maximum absolute atomic E-state index is 13.3. The zero-order chi connectivity index (χ0) is 16.4. The van der Waals surface area contributed by atoms with Crippen LogP contribution < -0.4 is 9.21 Å². The lowest BCUT2D eigenvalue weighted by Gasteiger charge is -2.26. The molecule has 0 aliphatic carbocycles. The van der Waals surface area contributed by atoms with Crippen LogP contribution in [0.1, 0.15) is 18.9 Å². The molecule has 0 bridgehead atoms. The monoisotopic (exact) mass is 330 g/mol. The molecule has 2 aromatic carbocycles. The zero-order valence-electron chi connectivity index (χ0n) is 13.6. The van der Waals surface area contributed by atoms with Crippen molar-refractivity contribution in [1.82, 2.24) is 0 Å². The van der Waals surface area contributed by atoms with Gasteiger partial charge in [0.2, 0.25) is 0 Å². The van der Waals surface area contributed by atoms with Crippen molar-refractivity contribution in [3.63, 3.8) is 0 Å². The molecular weight excluding hydrogens is 308 g/mol. The second-order valence-corrected chi connectivity index (χ2v) is 7.63. The van der Waals surface area contributed by atoms with Gasteiger partial charge in [-0.1, -0.05) is 37.3 Å². The minimum atomic E-state index is -3.56. The van der Waals surface area contributed by atoms with E-state index in [1.165, 1.54) is 0 Å². The van der Waals surface area contributed by atoms with E-state index >= 15 is 0 Å². The molecule has 0 saturated heterocycles. The lowest BCUT2D eigenvalue weighted by Crippen LogP contribution is -2.32. The topological polar surface area (TPSA) is 40.6 Å². The lowest BCUT2D eigenvalue weighted by atomic mass is 10.2. The summed E-state index contributed by atoms with van der Waals surface area (Å²) < 4.78 is 28.2. The molecule has 5 heteroatoms. The molecule has 0 N–H and O–H groups in total. The first-order valence-electron chi connectivity index (χ1n) is 7.96. The van der Waals surface area contributed by atoms with Gasteiger partial charge in [0.1, 0.15) is 0 Å². The van der Waals surface area contributed by atoms with Crippen LogP contribution in [0.4, 0.5) is 11.4 Å². The molecule has 0 amide bonds. The summed E-state index contributed by atoms with van der Waals surface area (Å²) in [6.45, 7) is 3.33.